The molecule has 4 nitrogen and oxygen atoms in total. The van der Waals surface area contributed by atoms with Gasteiger partial charge in [0.25, 0.3) is 0 Å². The number of carbonyl (C=O) groups is 2. The highest BCUT2D eigenvalue weighted by Gasteiger charge is 2.48. The zero-order valence-corrected chi connectivity index (χ0v) is 14.0. The van der Waals surface area contributed by atoms with Gasteiger partial charge in [0.2, 0.25) is 11.8 Å². The van der Waals surface area contributed by atoms with E-state index in [4.69, 9.17) is 0 Å². The van der Waals surface area contributed by atoms with Crippen molar-refractivity contribution in [3.05, 3.63) is 29.3 Å². The second-order valence-electron chi connectivity index (χ2n) is 7.03. The van der Waals surface area contributed by atoms with Crippen LogP contribution in [0.25, 0.3) is 0 Å². The predicted molar refractivity (Wildman–Crippen MR) is 91.2 cm³/mol. The minimum absolute atomic E-state index is 0.0255. The molecule has 3 rings (SSSR count). The summed E-state index contributed by atoms with van der Waals surface area (Å²) >= 11 is 0. The van der Waals surface area contributed by atoms with E-state index in [9.17, 15) is 9.59 Å². The van der Waals surface area contributed by atoms with Crippen LogP contribution in [0.5, 0.6) is 0 Å². The number of benzene rings is 1. The molecule has 0 heterocycles. The summed E-state index contributed by atoms with van der Waals surface area (Å²) in [6.07, 6.45) is 6.51. The van der Waals surface area contributed by atoms with Crippen molar-refractivity contribution in [2.24, 2.45) is 11.8 Å². The number of hydrogen-bond acceptors (Lipinski definition) is 2. The Morgan fingerprint density at radius 1 is 1.00 bits per heavy atom. The lowest BCUT2D eigenvalue weighted by Crippen LogP contribution is -2.37. The second-order valence-corrected chi connectivity index (χ2v) is 7.03. The Hall–Kier alpha value is -1.84. The van der Waals surface area contributed by atoms with Crippen molar-refractivity contribution in [1.82, 2.24) is 5.32 Å². The van der Waals surface area contributed by atoms with Crippen molar-refractivity contribution in [3.63, 3.8) is 0 Å². The largest absolute Gasteiger partial charge is 0.353 e. The SMILES string of the molecule is Cc1cccc(NC(=O)C2CC2C(=O)NC2CCCCC2)c1C. The number of rotatable bonds is 4. The third kappa shape index (κ3) is 3.74. The molecule has 23 heavy (non-hydrogen) atoms. The molecule has 1 aromatic rings. The molecule has 0 saturated heterocycles. The molecule has 2 amide bonds. The van der Waals surface area contributed by atoms with E-state index in [0.29, 0.717) is 12.5 Å². The van der Waals surface area contributed by atoms with Gasteiger partial charge in [-0.05, 0) is 50.3 Å². The van der Waals surface area contributed by atoms with E-state index in [0.717, 1.165) is 29.7 Å². The maximum absolute atomic E-state index is 12.4. The fourth-order valence-corrected chi connectivity index (χ4v) is 3.44. The monoisotopic (exact) mass is 314 g/mol. The van der Waals surface area contributed by atoms with Gasteiger partial charge < -0.3 is 10.6 Å². The van der Waals surface area contributed by atoms with Crippen molar-refractivity contribution in [1.29, 1.82) is 0 Å². The lowest BCUT2D eigenvalue weighted by atomic mass is 9.95. The highest BCUT2D eigenvalue weighted by molar-refractivity contribution is 6.00. The first kappa shape index (κ1) is 16.0. The molecule has 1 aromatic carbocycles. The molecular formula is C19H26N2O2. The van der Waals surface area contributed by atoms with Crippen LogP contribution in [0.15, 0.2) is 18.2 Å². The fraction of sp³-hybridized carbons (Fsp3) is 0.579. The summed E-state index contributed by atoms with van der Waals surface area (Å²) in [6.45, 7) is 4.04. The Morgan fingerprint density at radius 3 is 2.43 bits per heavy atom. The lowest BCUT2D eigenvalue weighted by molar-refractivity contribution is -0.126. The second kappa shape index (κ2) is 6.73. The summed E-state index contributed by atoms with van der Waals surface area (Å²) < 4.78 is 0. The van der Waals surface area contributed by atoms with Crippen molar-refractivity contribution >= 4 is 17.5 Å². The maximum atomic E-state index is 12.4. The van der Waals surface area contributed by atoms with Gasteiger partial charge in [0, 0.05) is 11.7 Å². The molecule has 0 aromatic heterocycles. The highest BCUT2D eigenvalue weighted by atomic mass is 16.2. The van der Waals surface area contributed by atoms with Crippen LogP contribution in [-0.4, -0.2) is 17.9 Å². The number of anilines is 1. The molecule has 4 heteroatoms. The highest BCUT2D eigenvalue weighted by Crippen LogP contribution is 2.40. The molecule has 2 atom stereocenters. The lowest BCUT2D eigenvalue weighted by Gasteiger charge is -2.22. The zero-order valence-electron chi connectivity index (χ0n) is 14.0. The Labute approximate surface area is 138 Å². The van der Waals surface area contributed by atoms with Crippen LogP contribution in [0.2, 0.25) is 0 Å². The molecule has 124 valence electrons. The van der Waals surface area contributed by atoms with Gasteiger partial charge in [-0.3, -0.25) is 9.59 Å². The third-order valence-corrected chi connectivity index (χ3v) is 5.28. The van der Waals surface area contributed by atoms with Crippen molar-refractivity contribution < 1.29 is 9.59 Å². The molecule has 2 aliphatic carbocycles. The van der Waals surface area contributed by atoms with Gasteiger partial charge in [0.05, 0.1) is 11.8 Å². The quantitative estimate of drug-likeness (QED) is 0.895. The molecule has 2 aliphatic rings. The Bertz CT molecular complexity index is 605. The summed E-state index contributed by atoms with van der Waals surface area (Å²) in [7, 11) is 0. The van der Waals surface area contributed by atoms with Crippen LogP contribution in [-0.2, 0) is 9.59 Å². The smallest absolute Gasteiger partial charge is 0.228 e. The van der Waals surface area contributed by atoms with E-state index in [-0.39, 0.29) is 23.7 Å². The first-order chi connectivity index (χ1) is 11.1. The normalized spacial score (nSPS) is 24.1. The summed E-state index contributed by atoms with van der Waals surface area (Å²) in [5.41, 5.74) is 3.10. The minimum Gasteiger partial charge on any atom is -0.353 e. The maximum Gasteiger partial charge on any atom is 0.228 e. The van der Waals surface area contributed by atoms with E-state index < -0.39 is 0 Å². The Morgan fingerprint density at radius 2 is 1.70 bits per heavy atom. The van der Waals surface area contributed by atoms with Crippen LogP contribution in [0.3, 0.4) is 0 Å². The van der Waals surface area contributed by atoms with E-state index >= 15 is 0 Å². The Kier molecular flexibility index (Phi) is 4.69. The fourth-order valence-electron chi connectivity index (χ4n) is 3.44. The first-order valence-electron chi connectivity index (χ1n) is 8.73. The number of aryl methyl sites for hydroxylation is 1. The number of hydrogen-bond donors (Lipinski definition) is 2. The van der Waals surface area contributed by atoms with Crippen LogP contribution in [0, 0.1) is 25.7 Å². The molecule has 2 saturated carbocycles. The van der Waals surface area contributed by atoms with Crippen LogP contribution in [0.1, 0.15) is 49.7 Å². The molecule has 2 fully saturated rings. The molecular weight excluding hydrogens is 288 g/mol. The van der Waals surface area contributed by atoms with E-state index in [1.54, 1.807) is 0 Å². The summed E-state index contributed by atoms with van der Waals surface area (Å²) in [4.78, 5) is 24.6. The van der Waals surface area contributed by atoms with Gasteiger partial charge in [0.15, 0.2) is 0 Å². The van der Waals surface area contributed by atoms with Crippen molar-refractivity contribution in [2.75, 3.05) is 5.32 Å². The van der Waals surface area contributed by atoms with Gasteiger partial charge in [-0.1, -0.05) is 31.4 Å². The van der Waals surface area contributed by atoms with Gasteiger partial charge in [0.1, 0.15) is 0 Å². The van der Waals surface area contributed by atoms with E-state index in [1.807, 2.05) is 32.0 Å². The predicted octanol–water partition coefficient (Wildman–Crippen LogP) is 3.33. The van der Waals surface area contributed by atoms with E-state index in [2.05, 4.69) is 10.6 Å². The number of nitrogens with one attached hydrogen (secondary N) is 2. The van der Waals surface area contributed by atoms with Crippen molar-refractivity contribution in [2.45, 2.75) is 58.4 Å². The standard InChI is InChI=1S/C19H26N2O2/c1-12-7-6-10-17(13(12)2)21-19(23)16-11-15(16)18(22)20-14-8-4-3-5-9-14/h6-7,10,14-16H,3-5,8-9,11H2,1-2H3,(H,20,22)(H,21,23). The number of carbonyl (C=O) groups excluding carboxylic acids is 2. The first-order valence-corrected chi connectivity index (χ1v) is 8.73. The number of amides is 2. The molecule has 0 bridgehead atoms. The molecule has 0 spiro atoms. The zero-order chi connectivity index (χ0) is 16.4. The van der Waals surface area contributed by atoms with Crippen LogP contribution in [0.4, 0.5) is 5.69 Å². The van der Waals surface area contributed by atoms with Crippen molar-refractivity contribution in [3.8, 4) is 0 Å². The summed E-state index contributed by atoms with van der Waals surface area (Å²) in [5, 5.41) is 6.11. The summed E-state index contributed by atoms with van der Waals surface area (Å²) in [6, 6.07) is 6.21. The third-order valence-electron chi connectivity index (χ3n) is 5.28. The minimum atomic E-state index is -0.168. The average Bonchev–Trinajstić information content (AvgIpc) is 3.33. The average molecular weight is 314 g/mol. The van der Waals surface area contributed by atoms with Gasteiger partial charge in [-0.25, -0.2) is 0 Å². The molecule has 0 aliphatic heterocycles. The van der Waals surface area contributed by atoms with Gasteiger partial charge >= 0.3 is 0 Å². The van der Waals surface area contributed by atoms with E-state index in [1.165, 1.54) is 19.3 Å². The molecule has 2 unspecified atom stereocenters. The van der Waals surface area contributed by atoms with Crippen LogP contribution >= 0.6 is 0 Å². The topological polar surface area (TPSA) is 58.2 Å². The molecule has 2 N–H and O–H groups in total. The van der Waals surface area contributed by atoms with Crippen LogP contribution < -0.4 is 10.6 Å². The molecule has 0 radical (unpaired) electrons. The van der Waals surface area contributed by atoms with Gasteiger partial charge in [-0.2, -0.15) is 0 Å². The summed E-state index contributed by atoms with van der Waals surface area (Å²) in [5.74, 6) is -0.263. The van der Waals surface area contributed by atoms with Gasteiger partial charge in [-0.15, -0.1) is 0 Å². The Balaban J connectivity index is 1.52.